The first-order chi connectivity index (χ1) is 37.7. The maximum Gasteiger partial charge on any atom is 0.0714 e. The van der Waals surface area contributed by atoms with Crippen molar-refractivity contribution >= 4 is 38.6 Å². The van der Waals surface area contributed by atoms with Gasteiger partial charge in [-0.05, 0) is 164 Å². The molecule has 2 aliphatic carbocycles. The zero-order chi connectivity index (χ0) is 50.2. The molecule has 15 rings (SSSR count). The van der Waals surface area contributed by atoms with Gasteiger partial charge in [0, 0.05) is 17.1 Å². The van der Waals surface area contributed by atoms with E-state index in [1.165, 1.54) is 122 Å². The third kappa shape index (κ3) is 6.66. The molecule has 0 heterocycles. The Kier molecular flexibility index (Phi) is 10.2. The zero-order valence-electron chi connectivity index (χ0n) is 41.7. The molecular weight excluding hydrogens is 915 g/mol. The summed E-state index contributed by atoms with van der Waals surface area (Å²) in [6.07, 6.45) is 0. The Balaban J connectivity index is 1.06. The molecule has 0 amide bonds. The first kappa shape index (κ1) is 43.7. The molecule has 0 fully saturated rings. The highest BCUT2D eigenvalue weighted by molar-refractivity contribution is 6.29. The number of hydrogen-bond acceptors (Lipinski definition) is 1. The molecule has 0 aliphatic heterocycles. The van der Waals surface area contributed by atoms with Gasteiger partial charge in [0.25, 0.3) is 0 Å². The molecule has 76 heavy (non-hydrogen) atoms. The van der Waals surface area contributed by atoms with Crippen LogP contribution in [0.2, 0.25) is 0 Å². The largest absolute Gasteiger partial charge is 0.310 e. The van der Waals surface area contributed by atoms with E-state index in [-0.39, 0.29) is 0 Å². The van der Waals surface area contributed by atoms with Crippen LogP contribution in [0.25, 0.3) is 99.4 Å². The fourth-order valence-corrected chi connectivity index (χ4v) is 13.1. The van der Waals surface area contributed by atoms with Gasteiger partial charge < -0.3 is 4.90 Å². The maximum absolute atomic E-state index is 2.62. The number of benzene rings is 13. The summed E-state index contributed by atoms with van der Waals surface area (Å²) in [7, 11) is 0. The van der Waals surface area contributed by atoms with Crippen LogP contribution in [0.15, 0.2) is 297 Å². The molecule has 13 aromatic rings. The predicted octanol–water partition coefficient (Wildman–Crippen LogP) is 20.1. The minimum atomic E-state index is -0.684. The Morgan fingerprint density at radius 1 is 0.224 bits per heavy atom. The van der Waals surface area contributed by atoms with Gasteiger partial charge in [-0.15, -0.1) is 0 Å². The van der Waals surface area contributed by atoms with Gasteiger partial charge in [0.1, 0.15) is 0 Å². The molecule has 0 saturated carbocycles. The molecule has 0 radical (unpaired) electrons. The van der Waals surface area contributed by atoms with Crippen LogP contribution in [0.5, 0.6) is 0 Å². The lowest BCUT2D eigenvalue weighted by atomic mass is 9.67. The van der Waals surface area contributed by atoms with E-state index in [0.717, 1.165) is 17.1 Å². The molecule has 354 valence electrons. The molecule has 13 aromatic carbocycles. The van der Waals surface area contributed by atoms with Gasteiger partial charge in [-0.3, -0.25) is 0 Å². The third-order valence-corrected chi connectivity index (χ3v) is 16.3. The van der Waals surface area contributed by atoms with E-state index in [2.05, 4.69) is 302 Å². The second-order valence-corrected chi connectivity index (χ2v) is 20.2. The van der Waals surface area contributed by atoms with Crippen LogP contribution in [0.4, 0.5) is 17.1 Å². The number of rotatable bonds is 9. The van der Waals surface area contributed by atoms with Crippen molar-refractivity contribution in [3.05, 3.63) is 320 Å². The zero-order valence-corrected chi connectivity index (χ0v) is 41.7. The molecule has 0 spiro atoms. The average molecular weight is 964 g/mol. The van der Waals surface area contributed by atoms with Gasteiger partial charge in [-0.25, -0.2) is 0 Å². The van der Waals surface area contributed by atoms with E-state index < -0.39 is 5.41 Å². The van der Waals surface area contributed by atoms with Gasteiger partial charge in [-0.2, -0.15) is 0 Å². The molecular formula is C75H49N. The van der Waals surface area contributed by atoms with E-state index in [0.29, 0.717) is 0 Å². The second-order valence-electron chi connectivity index (χ2n) is 20.2. The van der Waals surface area contributed by atoms with Crippen molar-refractivity contribution in [2.45, 2.75) is 5.41 Å². The quantitative estimate of drug-likeness (QED) is 0.139. The topological polar surface area (TPSA) is 3.24 Å². The summed E-state index contributed by atoms with van der Waals surface area (Å²) in [4.78, 5) is 2.40. The average Bonchev–Trinajstić information content (AvgIpc) is 3.99. The second kappa shape index (κ2) is 17.7. The smallest absolute Gasteiger partial charge is 0.0714 e. The van der Waals surface area contributed by atoms with Crippen LogP contribution in [0.3, 0.4) is 0 Å². The van der Waals surface area contributed by atoms with Crippen LogP contribution < -0.4 is 4.90 Å². The molecule has 0 saturated heterocycles. The number of anilines is 3. The van der Waals surface area contributed by atoms with Crippen molar-refractivity contribution in [1.29, 1.82) is 0 Å². The van der Waals surface area contributed by atoms with Gasteiger partial charge in [0.05, 0.1) is 5.41 Å². The summed E-state index contributed by atoms with van der Waals surface area (Å²) in [6.45, 7) is 0. The Labute approximate surface area is 443 Å². The minimum absolute atomic E-state index is 0.684. The molecule has 0 aromatic heterocycles. The normalized spacial score (nSPS) is 12.6. The summed E-state index contributed by atoms with van der Waals surface area (Å²) in [5, 5.41) is 5.06. The lowest BCUT2D eigenvalue weighted by Gasteiger charge is -2.35. The highest BCUT2D eigenvalue weighted by Gasteiger charge is 2.48. The van der Waals surface area contributed by atoms with Crippen LogP contribution in [-0.4, -0.2) is 0 Å². The van der Waals surface area contributed by atoms with E-state index in [4.69, 9.17) is 0 Å². The Morgan fingerprint density at radius 2 is 0.632 bits per heavy atom. The summed E-state index contributed by atoms with van der Waals surface area (Å²) in [6, 6.07) is 110. The number of hydrogen-bond donors (Lipinski definition) is 0. The monoisotopic (exact) mass is 963 g/mol. The number of nitrogens with zero attached hydrogens (tertiary/aromatic N) is 1. The van der Waals surface area contributed by atoms with Crippen molar-refractivity contribution in [1.82, 2.24) is 0 Å². The molecule has 0 unspecified atom stereocenters. The van der Waals surface area contributed by atoms with E-state index in [1.807, 2.05) is 0 Å². The summed E-state index contributed by atoms with van der Waals surface area (Å²) in [5.41, 5.74) is 25.1. The van der Waals surface area contributed by atoms with Gasteiger partial charge in [0.2, 0.25) is 0 Å². The summed E-state index contributed by atoms with van der Waals surface area (Å²) in [5.74, 6) is 0. The van der Waals surface area contributed by atoms with Gasteiger partial charge in [0.15, 0.2) is 0 Å². The van der Waals surface area contributed by atoms with E-state index in [9.17, 15) is 0 Å². The van der Waals surface area contributed by atoms with Crippen molar-refractivity contribution in [3.63, 3.8) is 0 Å². The van der Waals surface area contributed by atoms with Crippen LogP contribution in [0.1, 0.15) is 22.3 Å². The van der Waals surface area contributed by atoms with Crippen molar-refractivity contribution in [3.8, 4) is 77.9 Å². The lowest BCUT2D eigenvalue weighted by molar-refractivity contribution is 0.769. The van der Waals surface area contributed by atoms with Crippen LogP contribution in [-0.2, 0) is 5.41 Å². The van der Waals surface area contributed by atoms with Crippen molar-refractivity contribution in [2.24, 2.45) is 0 Å². The molecule has 0 N–H and O–H groups in total. The van der Waals surface area contributed by atoms with Crippen LogP contribution >= 0.6 is 0 Å². The Hall–Kier alpha value is -9.82. The van der Waals surface area contributed by atoms with E-state index in [1.54, 1.807) is 0 Å². The molecule has 1 heteroatoms. The van der Waals surface area contributed by atoms with Crippen LogP contribution in [0, 0.1) is 0 Å². The molecule has 0 bridgehead atoms. The highest BCUT2D eigenvalue weighted by atomic mass is 15.1. The fraction of sp³-hybridized carbons (Fsp3) is 0.0133. The van der Waals surface area contributed by atoms with Gasteiger partial charge in [-0.1, -0.05) is 255 Å². The Morgan fingerprint density at radius 3 is 1.13 bits per heavy atom. The molecule has 1 nitrogen and oxygen atoms in total. The SMILES string of the molecule is c1ccc(-c2ccc(-c3c4c(c(-c5ccc(-c6ccccc6)cc5)c5ccccc35)-c3cc5c(c6cccc-4c36)-c3ccc(N(c4ccccc4)c4ccccc4)cc3C5(c3ccccc3)c3ccccc3)cc2)cc1. The summed E-state index contributed by atoms with van der Waals surface area (Å²) >= 11 is 0. The highest BCUT2D eigenvalue weighted by Crippen LogP contribution is 2.64. The summed E-state index contributed by atoms with van der Waals surface area (Å²) < 4.78 is 0. The molecule has 2 aliphatic rings. The van der Waals surface area contributed by atoms with Crippen molar-refractivity contribution in [2.75, 3.05) is 4.90 Å². The fourth-order valence-electron chi connectivity index (χ4n) is 13.1. The molecule has 0 atom stereocenters. The standard InChI is InChI=1S/C75H49N/c1-7-22-50(23-8-1)52-38-42-54(43-39-52)69-61-34-19-20-35-62(61)70(55-44-40-53(41-45-55)51-24-9-2-10-25-51)74-66-49-68-72(64-36-21-37-65(71(64)66)73(69)74)63-47-46-60(76(58-30-15-5-16-31-58)59-32-17-6-18-33-59)48-67(63)75(68,56-26-11-3-12-27-56)57-28-13-4-14-29-57/h1-49H. The first-order valence-electron chi connectivity index (χ1n) is 26.4. The Bertz CT molecular complexity index is 4240. The van der Waals surface area contributed by atoms with Gasteiger partial charge >= 0.3 is 0 Å². The van der Waals surface area contributed by atoms with Crippen molar-refractivity contribution < 1.29 is 0 Å². The third-order valence-electron chi connectivity index (χ3n) is 16.3. The minimum Gasteiger partial charge on any atom is -0.310 e. The first-order valence-corrected chi connectivity index (χ1v) is 26.4. The number of para-hydroxylation sites is 2. The number of fused-ring (bicyclic) bond motifs is 8. The maximum atomic E-state index is 2.62. The van der Waals surface area contributed by atoms with E-state index >= 15 is 0 Å². The lowest BCUT2D eigenvalue weighted by Crippen LogP contribution is -2.29. The predicted molar refractivity (Wildman–Crippen MR) is 320 cm³/mol.